The molecule has 2 aromatic rings. The van der Waals surface area contributed by atoms with E-state index in [0.717, 1.165) is 22.6 Å². The maximum atomic E-state index is 13.4. The molecule has 0 bridgehead atoms. The van der Waals surface area contributed by atoms with Crippen molar-refractivity contribution in [1.82, 2.24) is 9.29 Å². The Morgan fingerprint density at radius 1 is 1.21 bits per heavy atom. The second kappa shape index (κ2) is 8.31. The second-order valence-corrected chi connectivity index (χ2v) is 10.5. The van der Waals surface area contributed by atoms with Crippen LogP contribution in [-0.2, 0) is 26.7 Å². The average Bonchev–Trinajstić information content (AvgIpc) is 3.07. The SMILES string of the molecule is CCc1nc(NC(=O)C2(c3ccccc3)CCN(S(=O)(=O)CC)CC2)sc1C. The standard InChI is InChI=1S/C20H27N3O3S2/c1-4-17-15(3)27-19(21-17)22-18(24)20(16-9-7-6-8-10-16)11-13-23(14-12-20)28(25,26)5-2/h6-10H,4-5,11-14H2,1-3H3,(H,21,22,24). The minimum absolute atomic E-state index is 0.0791. The Morgan fingerprint density at radius 2 is 1.86 bits per heavy atom. The molecule has 28 heavy (non-hydrogen) atoms. The van der Waals surface area contributed by atoms with Crippen LogP contribution < -0.4 is 5.32 Å². The fourth-order valence-electron chi connectivity index (χ4n) is 3.76. The summed E-state index contributed by atoms with van der Waals surface area (Å²) in [7, 11) is -3.25. The van der Waals surface area contributed by atoms with Crippen molar-refractivity contribution in [2.75, 3.05) is 24.2 Å². The van der Waals surface area contributed by atoms with Crippen molar-refractivity contribution in [1.29, 1.82) is 0 Å². The number of carbonyl (C=O) groups is 1. The van der Waals surface area contributed by atoms with E-state index < -0.39 is 15.4 Å². The summed E-state index contributed by atoms with van der Waals surface area (Å²) < 4.78 is 26.0. The number of thiazole rings is 1. The van der Waals surface area contributed by atoms with Crippen LogP contribution in [0.3, 0.4) is 0 Å². The van der Waals surface area contributed by atoms with Gasteiger partial charge in [0.15, 0.2) is 5.13 Å². The zero-order valence-electron chi connectivity index (χ0n) is 16.6. The van der Waals surface area contributed by atoms with E-state index in [4.69, 9.17) is 0 Å². The maximum absolute atomic E-state index is 13.4. The smallest absolute Gasteiger partial charge is 0.236 e. The molecule has 0 saturated carbocycles. The molecule has 0 spiro atoms. The second-order valence-electron chi connectivity index (χ2n) is 7.08. The summed E-state index contributed by atoms with van der Waals surface area (Å²) in [5.74, 6) is -0.0286. The van der Waals surface area contributed by atoms with Gasteiger partial charge < -0.3 is 5.32 Å². The lowest BCUT2D eigenvalue weighted by molar-refractivity contribution is -0.123. The van der Waals surface area contributed by atoms with Crippen molar-refractivity contribution in [3.8, 4) is 0 Å². The number of aromatic nitrogens is 1. The Balaban J connectivity index is 1.89. The Hall–Kier alpha value is -1.77. The van der Waals surface area contributed by atoms with Gasteiger partial charge in [0.05, 0.1) is 16.9 Å². The molecule has 1 N–H and O–H groups in total. The molecule has 1 aliphatic heterocycles. The largest absolute Gasteiger partial charge is 0.301 e. The first kappa shape index (κ1) is 21.0. The Kier molecular flexibility index (Phi) is 6.21. The maximum Gasteiger partial charge on any atom is 0.236 e. The highest BCUT2D eigenvalue weighted by Crippen LogP contribution is 2.38. The molecule has 3 rings (SSSR count). The van der Waals surface area contributed by atoms with E-state index in [1.807, 2.05) is 44.2 Å². The molecule has 1 fully saturated rings. The van der Waals surface area contributed by atoms with Crippen LogP contribution >= 0.6 is 11.3 Å². The predicted octanol–water partition coefficient (Wildman–Crippen LogP) is 3.34. The summed E-state index contributed by atoms with van der Waals surface area (Å²) >= 11 is 1.48. The van der Waals surface area contributed by atoms with Gasteiger partial charge in [0, 0.05) is 18.0 Å². The number of carbonyl (C=O) groups excluding carboxylic acids is 1. The van der Waals surface area contributed by atoms with E-state index in [9.17, 15) is 13.2 Å². The first-order valence-corrected chi connectivity index (χ1v) is 12.1. The van der Waals surface area contributed by atoms with Gasteiger partial charge in [0.2, 0.25) is 15.9 Å². The number of amides is 1. The van der Waals surface area contributed by atoms with E-state index in [0.29, 0.717) is 31.1 Å². The predicted molar refractivity (Wildman–Crippen MR) is 113 cm³/mol. The average molecular weight is 422 g/mol. The van der Waals surface area contributed by atoms with Gasteiger partial charge in [-0.2, -0.15) is 0 Å². The van der Waals surface area contributed by atoms with Crippen LogP contribution in [0.15, 0.2) is 30.3 Å². The molecule has 152 valence electrons. The highest BCUT2D eigenvalue weighted by atomic mass is 32.2. The highest BCUT2D eigenvalue weighted by molar-refractivity contribution is 7.89. The number of benzene rings is 1. The van der Waals surface area contributed by atoms with E-state index in [1.54, 1.807) is 6.92 Å². The van der Waals surface area contributed by atoms with Gasteiger partial charge in [-0.1, -0.05) is 37.3 Å². The molecule has 1 amide bonds. The number of hydrogen-bond donors (Lipinski definition) is 1. The Labute approximate surface area is 171 Å². The molecule has 1 saturated heterocycles. The summed E-state index contributed by atoms with van der Waals surface area (Å²) in [4.78, 5) is 19.1. The third kappa shape index (κ3) is 3.99. The zero-order chi connectivity index (χ0) is 20.4. The van der Waals surface area contributed by atoms with Crippen LogP contribution in [0.1, 0.15) is 42.8 Å². The highest BCUT2D eigenvalue weighted by Gasteiger charge is 2.45. The van der Waals surface area contributed by atoms with Crippen molar-refractivity contribution >= 4 is 32.4 Å². The molecule has 0 radical (unpaired) electrons. The summed E-state index contributed by atoms with van der Waals surface area (Å²) in [6.45, 7) is 6.39. The van der Waals surface area contributed by atoms with Gasteiger partial charge in [-0.05, 0) is 38.7 Å². The lowest BCUT2D eigenvalue weighted by Gasteiger charge is -2.40. The van der Waals surface area contributed by atoms with Gasteiger partial charge in [-0.25, -0.2) is 17.7 Å². The van der Waals surface area contributed by atoms with Crippen LogP contribution in [0.5, 0.6) is 0 Å². The van der Waals surface area contributed by atoms with Crippen molar-refractivity contribution in [2.45, 2.75) is 45.4 Å². The number of piperidine rings is 1. The third-order valence-electron chi connectivity index (χ3n) is 5.54. The molecule has 1 aliphatic rings. The van der Waals surface area contributed by atoms with E-state index in [2.05, 4.69) is 10.3 Å². The topological polar surface area (TPSA) is 79.4 Å². The number of sulfonamides is 1. The van der Waals surface area contributed by atoms with Crippen LogP contribution in [0.4, 0.5) is 5.13 Å². The molecular formula is C20H27N3O3S2. The summed E-state index contributed by atoms with van der Waals surface area (Å²) in [5.41, 5.74) is 1.16. The fourth-order valence-corrected chi connectivity index (χ4v) is 5.76. The van der Waals surface area contributed by atoms with Gasteiger partial charge in [0.25, 0.3) is 0 Å². The summed E-state index contributed by atoms with van der Waals surface area (Å²) in [6.07, 6.45) is 1.73. The molecule has 8 heteroatoms. The van der Waals surface area contributed by atoms with Crippen LogP contribution in [0, 0.1) is 6.92 Å². The molecular weight excluding hydrogens is 394 g/mol. The van der Waals surface area contributed by atoms with Crippen LogP contribution in [-0.4, -0.2) is 42.5 Å². The Morgan fingerprint density at radius 3 is 2.39 bits per heavy atom. The molecule has 6 nitrogen and oxygen atoms in total. The summed E-state index contributed by atoms with van der Waals surface area (Å²) in [6, 6.07) is 9.66. The number of nitrogens with zero attached hydrogens (tertiary/aromatic N) is 2. The molecule has 0 aliphatic carbocycles. The van der Waals surface area contributed by atoms with E-state index in [-0.39, 0.29) is 11.7 Å². The van der Waals surface area contributed by atoms with Gasteiger partial charge in [0.1, 0.15) is 0 Å². The van der Waals surface area contributed by atoms with Gasteiger partial charge in [-0.15, -0.1) is 11.3 Å². The number of nitrogens with one attached hydrogen (secondary N) is 1. The quantitative estimate of drug-likeness (QED) is 0.776. The molecule has 1 aromatic heterocycles. The first-order valence-electron chi connectivity index (χ1n) is 9.63. The fraction of sp³-hybridized carbons (Fsp3) is 0.500. The number of aryl methyl sites for hydroxylation is 2. The minimum atomic E-state index is -3.25. The van der Waals surface area contributed by atoms with Crippen molar-refractivity contribution in [3.05, 3.63) is 46.5 Å². The number of hydrogen-bond acceptors (Lipinski definition) is 5. The molecule has 1 aromatic carbocycles. The van der Waals surface area contributed by atoms with Crippen LogP contribution in [0.25, 0.3) is 0 Å². The summed E-state index contributed by atoms with van der Waals surface area (Å²) in [5, 5.41) is 3.62. The minimum Gasteiger partial charge on any atom is -0.301 e. The number of rotatable bonds is 6. The van der Waals surface area contributed by atoms with Crippen LogP contribution in [0.2, 0.25) is 0 Å². The molecule has 2 heterocycles. The van der Waals surface area contributed by atoms with Gasteiger partial charge >= 0.3 is 0 Å². The first-order chi connectivity index (χ1) is 13.3. The lowest BCUT2D eigenvalue weighted by atomic mass is 9.72. The van der Waals surface area contributed by atoms with Gasteiger partial charge in [-0.3, -0.25) is 4.79 Å². The van der Waals surface area contributed by atoms with Crippen molar-refractivity contribution in [3.63, 3.8) is 0 Å². The zero-order valence-corrected chi connectivity index (χ0v) is 18.2. The Bertz CT molecular complexity index is 931. The van der Waals surface area contributed by atoms with E-state index in [1.165, 1.54) is 15.6 Å². The van der Waals surface area contributed by atoms with Crippen molar-refractivity contribution in [2.24, 2.45) is 0 Å². The lowest BCUT2D eigenvalue weighted by Crippen LogP contribution is -2.51. The number of anilines is 1. The molecule has 0 atom stereocenters. The third-order valence-corrected chi connectivity index (χ3v) is 8.35. The monoisotopic (exact) mass is 421 g/mol. The van der Waals surface area contributed by atoms with Crippen molar-refractivity contribution < 1.29 is 13.2 Å². The van der Waals surface area contributed by atoms with E-state index >= 15 is 0 Å². The normalized spacial score (nSPS) is 17.4. The molecule has 0 unspecified atom stereocenters.